The van der Waals surface area contributed by atoms with Crippen LogP contribution in [0.25, 0.3) is 21.9 Å². The molecule has 0 amide bonds. The van der Waals surface area contributed by atoms with E-state index in [0.717, 1.165) is 6.07 Å². The molecule has 6 nitrogen and oxygen atoms in total. The van der Waals surface area contributed by atoms with Gasteiger partial charge in [-0.25, -0.2) is 0 Å². The second-order valence-corrected chi connectivity index (χ2v) is 6.16. The Morgan fingerprint density at radius 1 is 1.04 bits per heavy atom. The van der Waals surface area contributed by atoms with E-state index >= 15 is 0 Å². The van der Waals surface area contributed by atoms with Crippen LogP contribution < -0.4 is 5.43 Å². The fraction of sp³-hybridized carbons (Fsp3) is 0.167. The summed E-state index contributed by atoms with van der Waals surface area (Å²) in [5.41, 5.74) is -1.55. The van der Waals surface area contributed by atoms with Crippen LogP contribution in [-0.2, 0) is 5.41 Å². The summed E-state index contributed by atoms with van der Waals surface area (Å²) in [5.74, 6) is -1.76. The lowest BCUT2D eigenvalue weighted by molar-refractivity contribution is 0.400. The number of phenols is 4. The van der Waals surface area contributed by atoms with Crippen LogP contribution in [0.1, 0.15) is 19.4 Å². The molecule has 0 aliphatic rings. The number of rotatable bonds is 2. The summed E-state index contributed by atoms with van der Waals surface area (Å²) < 4.78 is 5.41. The standard InChI is InChI=1S/C18H16O6/c1-4-18(2,3)9-7-11(20)17-12(14(9)22)13(21)8-5-6-10(19)15(23)16(8)24-17/h4-7,19-20,22-23H,1H2,2-3H3. The molecule has 0 saturated carbocycles. The van der Waals surface area contributed by atoms with Gasteiger partial charge in [0, 0.05) is 11.0 Å². The molecule has 0 spiro atoms. The van der Waals surface area contributed by atoms with Crippen LogP contribution in [0.15, 0.2) is 40.1 Å². The van der Waals surface area contributed by atoms with E-state index in [4.69, 9.17) is 4.42 Å². The average Bonchev–Trinajstić information content (AvgIpc) is 2.54. The third-order valence-electron chi connectivity index (χ3n) is 4.22. The highest BCUT2D eigenvalue weighted by molar-refractivity contribution is 5.99. The second kappa shape index (κ2) is 4.92. The topological polar surface area (TPSA) is 111 Å². The van der Waals surface area contributed by atoms with Crippen LogP contribution in [-0.4, -0.2) is 20.4 Å². The summed E-state index contributed by atoms with van der Waals surface area (Å²) in [7, 11) is 0. The van der Waals surface area contributed by atoms with Gasteiger partial charge in [0.05, 0.1) is 5.39 Å². The molecule has 4 N–H and O–H groups in total. The predicted octanol–water partition coefficient (Wildman–Crippen LogP) is 3.23. The minimum Gasteiger partial charge on any atom is -0.507 e. The van der Waals surface area contributed by atoms with E-state index in [0.29, 0.717) is 5.56 Å². The first-order valence-electron chi connectivity index (χ1n) is 7.19. The van der Waals surface area contributed by atoms with Crippen molar-refractivity contribution in [1.82, 2.24) is 0 Å². The number of phenolic OH excluding ortho intramolecular Hbond substituents is 4. The Bertz CT molecular complexity index is 1060. The van der Waals surface area contributed by atoms with E-state index in [2.05, 4.69) is 6.58 Å². The summed E-state index contributed by atoms with van der Waals surface area (Å²) in [6.45, 7) is 7.24. The molecular formula is C18H16O6. The Labute approximate surface area is 136 Å². The molecule has 6 heteroatoms. The first-order chi connectivity index (χ1) is 11.2. The normalized spacial score (nSPS) is 11.9. The zero-order valence-electron chi connectivity index (χ0n) is 13.1. The number of allylic oxidation sites excluding steroid dienone is 1. The number of aromatic hydroxyl groups is 4. The van der Waals surface area contributed by atoms with Crippen molar-refractivity contribution in [1.29, 1.82) is 0 Å². The van der Waals surface area contributed by atoms with Crippen LogP contribution in [0.2, 0.25) is 0 Å². The summed E-state index contributed by atoms with van der Waals surface area (Å²) in [6, 6.07) is 3.71. The van der Waals surface area contributed by atoms with Gasteiger partial charge in [0.25, 0.3) is 0 Å². The first-order valence-corrected chi connectivity index (χ1v) is 7.19. The van der Waals surface area contributed by atoms with Gasteiger partial charge in [-0.05, 0) is 18.2 Å². The van der Waals surface area contributed by atoms with Crippen molar-refractivity contribution < 1.29 is 24.8 Å². The quantitative estimate of drug-likeness (QED) is 0.249. The van der Waals surface area contributed by atoms with E-state index in [-0.39, 0.29) is 33.4 Å². The summed E-state index contributed by atoms with van der Waals surface area (Å²) >= 11 is 0. The molecule has 3 rings (SSSR count). The first kappa shape index (κ1) is 15.7. The number of hydrogen-bond acceptors (Lipinski definition) is 6. The Hall–Kier alpha value is -3.15. The molecule has 124 valence electrons. The summed E-state index contributed by atoms with van der Waals surface area (Å²) in [5, 5.41) is 40.0. The van der Waals surface area contributed by atoms with Crippen molar-refractivity contribution in [2.75, 3.05) is 0 Å². The van der Waals surface area contributed by atoms with Gasteiger partial charge < -0.3 is 24.8 Å². The second-order valence-electron chi connectivity index (χ2n) is 6.16. The lowest BCUT2D eigenvalue weighted by Gasteiger charge is -2.22. The molecule has 0 saturated heterocycles. The van der Waals surface area contributed by atoms with E-state index < -0.39 is 22.3 Å². The highest BCUT2D eigenvalue weighted by Crippen LogP contribution is 2.43. The lowest BCUT2D eigenvalue weighted by atomic mass is 9.83. The molecule has 0 aliphatic carbocycles. The molecule has 0 unspecified atom stereocenters. The number of hydrogen-bond donors (Lipinski definition) is 4. The van der Waals surface area contributed by atoms with Gasteiger partial charge in [-0.3, -0.25) is 4.79 Å². The minimum atomic E-state index is -0.700. The maximum absolute atomic E-state index is 12.7. The monoisotopic (exact) mass is 328 g/mol. The van der Waals surface area contributed by atoms with Crippen LogP contribution >= 0.6 is 0 Å². The van der Waals surface area contributed by atoms with Gasteiger partial charge in [0.1, 0.15) is 11.1 Å². The summed E-state index contributed by atoms with van der Waals surface area (Å²) in [6.07, 6.45) is 1.58. The highest BCUT2D eigenvalue weighted by atomic mass is 16.4. The van der Waals surface area contributed by atoms with Crippen molar-refractivity contribution in [2.45, 2.75) is 19.3 Å². The van der Waals surface area contributed by atoms with Crippen LogP contribution in [0.4, 0.5) is 0 Å². The van der Waals surface area contributed by atoms with Crippen molar-refractivity contribution in [2.24, 2.45) is 0 Å². The Balaban J connectivity index is 2.58. The molecule has 0 fully saturated rings. The predicted molar refractivity (Wildman–Crippen MR) is 89.9 cm³/mol. The third kappa shape index (κ3) is 2.00. The number of benzene rings is 2. The maximum atomic E-state index is 12.7. The van der Waals surface area contributed by atoms with Crippen molar-refractivity contribution in [3.8, 4) is 23.0 Å². The largest absolute Gasteiger partial charge is 0.507 e. The van der Waals surface area contributed by atoms with E-state index in [1.165, 1.54) is 12.1 Å². The van der Waals surface area contributed by atoms with Crippen LogP contribution in [0, 0.1) is 0 Å². The van der Waals surface area contributed by atoms with E-state index in [9.17, 15) is 25.2 Å². The zero-order chi connectivity index (χ0) is 17.8. The molecule has 3 aromatic rings. The zero-order valence-corrected chi connectivity index (χ0v) is 13.1. The Morgan fingerprint density at radius 3 is 2.33 bits per heavy atom. The fourth-order valence-electron chi connectivity index (χ4n) is 2.64. The van der Waals surface area contributed by atoms with Crippen LogP contribution in [0.3, 0.4) is 0 Å². The molecule has 0 atom stereocenters. The lowest BCUT2D eigenvalue weighted by Crippen LogP contribution is -2.14. The van der Waals surface area contributed by atoms with E-state index in [1.54, 1.807) is 19.9 Å². The SMILES string of the molecule is C=CC(C)(C)c1cc(O)c2oc3c(O)c(O)ccc3c(=O)c2c1O. The van der Waals surface area contributed by atoms with Crippen molar-refractivity contribution in [3.63, 3.8) is 0 Å². The molecule has 0 aliphatic heterocycles. The number of fused-ring (bicyclic) bond motifs is 2. The summed E-state index contributed by atoms with van der Waals surface area (Å²) in [4.78, 5) is 12.7. The molecule has 2 aromatic carbocycles. The molecule has 1 heterocycles. The van der Waals surface area contributed by atoms with Gasteiger partial charge in [-0.15, -0.1) is 6.58 Å². The highest BCUT2D eigenvalue weighted by Gasteiger charge is 2.27. The van der Waals surface area contributed by atoms with Crippen LogP contribution in [0.5, 0.6) is 23.0 Å². The fourth-order valence-corrected chi connectivity index (χ4v) is 2.64. The minimum absolute atomic E-state index is 0.0268. The smallest absolute Gasteiger partial charge is 0.204 e. The van der Waals surface area contributed by atoms with Gasteiger partial charge in [-0.2, -0.15) is 0 Å². The average molecular weight is 328 g/mol. The van der Waals surface area contributed by atoms with Gasteiger partial charge in [0.15, 0.2) is 22.7 Å². The molecule has 0 bridgehead atoms. The Morgan fingerprint density at radius 2 is 1.71 bits per heavy atom. The third-order valence-corrected chi connectivity index (χ3v) is 4.22. The van der Waals surface area contributed by atoms with Gasteiger partial charge in [-0.1, -0.05) is 19.9 Å². The van der Waals surface area contributed by atoms with Gasteiger partial charge >= 0.3 is 0 Å². The van der Waals surface area contributed by atoms with Gasteiger partial charge in [0.2, 0.25) is 11.2 Å². The molecule has 1 aromatic heterocycles. The van der Waals surface area contributed by atoms with E-state index in [1.807, 2.05) is 0 Å². The van der Waals surface area contributed by atoms with Crippen molar-refractivity contribution in [3.05, 3.63) is 46.6 Å². The molecule has 0 radical (unpaired) electrons. The molecule has 24 heavy (non-hydrogen) atoms. The Kier molecular flexibility index (Phi) is 3.23. The van der Waals surface area contributed by atoms with Crippen molar-refractivity contribution >= 4 is 21.9 Å². The molecular weight excluding hydrogens is 312 g/mol. The maximum Gasteiger partial charge on any atom is 0.204 e.